The number of pyridine rings is 1. The van der Waals surface area contributed by atoms with Crippen LogP contribution in [0.4, 0.5) is 5.69 Å². The third-order valence-electron chi connectivity index (χ3n) is 10.3. The Kier molecular flexibility index (Phi) is 9.42. The number of nitrogens with zero attached hydrogens (tertiary/aromatic N) is 3. The molecule has 5 aromatic rings. The molecule has 6 rings (SSSR count). The standard InChI is InChI=1S/C43H49N3/c1-29-10-8-13-42(20-29)46(28-37-14-17-44-43(26-37)40-23-32(4)35(7)33(5)24-40)41-15-18-45(19-16-41)27-36-11-9-12-38(25-36)39-21-30(2)34(6)31(3)22-39/h8-14,17,20-26,41H,15-16,18-19,27-28H2,1-7H3. The molecule has 0 radical (unpaired) electrons. The molecule has 46 heavy (non-hydrogen) atoms. The average molecular weight is 608 g/mol. The summed E-state index contributed by atoms with van der Waals surface area (Å²) in [5.41, 5.74) is 18.3. The molecule has 3 nitrogen and oxygen atoms in total. The zero-order valence-corrected chi connectivity index (χ0v) is 28.8. The summed E-state index contributed by atoms with van der Waals surface area (Å²) in [5.74, 6) is 0. The Morgan fingerprint density at radius 1 is 0.630 bits per heavy atom. The molecule has 1 aliphatic rings. The lowest BCUT2D eigenvalue weighted by Crippen LogP contribution is -2.44. The van der Waals surface area contributed by atoms with E-state index in [9.17, 15) is 0 Å². The highest BCUT2D eigenvalue weighted by molar-refractivity contribution is 5.67. The molecule has 0 bridgehead atoms. The fourth-order valence-corrected chi connectivity index (χ4v) is 7.05. The van der Waals surface area contributed by atoms with Crippen LogP contribution in [0.15, 0.2) is 91.1 Å². The van der Waals surface area contributed by atoms with E-state index >= 15 is 0 Å². The molecule has 0 atom stereocenters. The number of hydrogen-bond acceptors (Lipinski definition) is 3. The highest BCUT2D eigenvalue weighted by Crippen LogP contribution is 2.30. The topological polar surface area (TPSA) is 19.4 Å². The van der Waals surface area contributed by atoms with Crippen molar-refractivity contribution in [2.75, 3.05) is 18.0 Å². The number of aromatic nitrogens is 1. The largest absolute Gasteiger partial charge is 0.364 e. The lowest BCUT2D eigenvalue weighted by molar-refractivity contribution is 0.201. The van der Waals surface area contributed by atoms with Crippen molar-refractivity contribution in [2.45, 2.75) is 80.4 Å². The summed E-state index contributed by atoms with van der Waals surface area (Å²) in [7, 11) is 0. The molecule has 1 aromatic heterocycles. The van der Waals surface area contributed by atoms with E-state index in [1.807, 2.05) is 6.20 Å². The Morgan fingerprint density at radius 3 is 1.91 bits per heavy atom. The highest BCUT2D eigenvalue weighted by Gasteiger charge is 2.26. The molecule has 1 fully saturated rings. The van der Waals surface area contributed by atoms with E-state index in [1.165, 1.54) is 72.4 Å². The van der Waals surface area contributed by atoms with Gasteiger partial charge in [-0.1, -0.05) is 42.5 Å². The van der Waals surface area contributed by atoms with Crippen LogP contribution in [0, 0.1) is 48.5 Å². The first-order valence-corrected chi connectivity index (χ1v) is 16.9. The summed E-state index contributed by atoms with van der Waals surface area (Å²) in [6, 6.07) is 32.4. The van der Waals surface area contributed by atoms with Gasteiger partial charge in [-0.15, -0.1) is 0 Å². The van der Waals surface area contributed by atoms with Crippen molar-refractivity contribution in [3.63, 3.8) is 0 Å². The van der Waals surface area contributed by atoms with Crippen LogP contribution in [0.25, 0.3) is 22.4 Å². The Labute approximate surface area is 277 Å². The Balaban J connectivity index is 1.18. The number of likely N-dealkylation sites (tertiary alicyclic amines) is 1. The molecule has 1 saturated heterocycles. The lowest BCUT2D eigenvalue weighted by atomic mass is 9.95. The summed E-state index contributed by atoms with van der Waals surface area (Å²) < 4.78 is 0. The number of rotatable bonds is 8. The molecule has 0 spiro atoms. The zero-order chi connectivity index (χ0) is 32.4. The predicted octanol–water partition coefficient (Wildman–Crippen LogP) is 10.2. The molecular formula is C43H49N3. The molecule has 0 unspecified atom stereocenters. The number of aryl methyl sites for hydroxylation is 5. The number of hydrogen-bond donors (Lipinski definition) is 0. The van der Waals surface area contributed by atoms with Gasteiger partial charge in [-0.3, -0.25) is 9.88 Å². The first-order chi connectivity index (χ1) is 22.1. The molecular weight excluding hydrogens is 558 g/mol. The van der Waals surface area contributed by atoms with E-state index in [-0.39, 0.29) is 0 Å². The van der Waals surface area contributed by atoms with Gasteiger partial charge in [0, 0.05) is 49.7 Å². The van der Waals surface area contributed by atoms with E-state index in [2.05, 4.69) is 143 Å². The Bertz CT molecular complexity index is 1800. The molecule has 2 heterocycles. The van der Waals surface area contributed by atoms with Gasteiger partial charge in [-0.05, 0) is 165 Å². The average Bonchev–Trinajstić information content (AvgIpc) is 3.05. The van der Waals surface area contributed by atoms with Crippen LogP contribution in [-0.2, 0) is 13.1 Å². The van der Waals surface area contributed by atoms with E-state index in [0.29, 0.717) is 6.04 Å². The lowest BCUT2D eigenvalue weighted by Gasteiger charge is -2.40. The van der Waals surface area contributed by atoms with Gasteiger partial charge in [0.2, 0.25) is 0 Å². The molecule has 0 amide bonds. The third kappa shape index (κ3) is 7.11. The minimum Gasteiger partial charge on any atom is -0.364 e. The smallest absolute Gasteiger partial charge is 0.0705 e. The van der Waals surface area contributed by atoms with E-state index in [1.54, 1.807) is 0 Å². The summed E-state index contributed by atoms with van der Waals surface area (Å²) in [6.45, 7) is 19.5. The van der Waals surface area contributed by atoms with Crippen molar-refractivity contribution in [3.8, 4) is 22.4 Å². The first-order valence-electron chi connectivity index (χ1n) is 16.9. The van der Waals surface area contributed by atoms with Gasteiger partial charge in [-0.25, -0.2) is 0 Å². The van der Waals surface area contributed by atoms with Crippen molar-refractivity contribution < 1.29 is 0 Å². The van der Waals surface area contributed by atoms with Crippen LogP contribution >= 0.6 is 0 Å². The number of anilines is 1. The molecule has 3 heteroatoms. The SMILES string of the molecule is Cc1cccc(N(Cc2ccnc(-c3cc(C)c(C)c(C)c3)c2)C2CCN(Cc3cccc(-c4cc(C)c(C)c(C)c4)c3)CC2)c1. The summed E-state index contributed by atoms with van der Waals surface area (Å²) in [6.07, 6.45) is 4.29. The number of benzene rings is 4. The maximum atomic E-state index is 4.79. The van der Waals surface area contributed by atoms with Gasteiger partial charge in [0.05, 0.1) is 5.69 Å². The molecule has 4 aromatic carbocycles. The van der Waals surface area contributed by atoms with Crippen molar-refractivity contribution in [1.29, 1.82) is 0 Å². The maximum Gasteiger partial charge on any atom is 0.0705 e. The molecule has 236 valence electrons. The van der Waals surface area contributed by atoms with Gasteiger partial charge < -0.3 is 4.90 Å². The van der Waals surface area contributed by atoms with Gasteiger partial charge in [-0.2, -0.15) is 0 Å². The molecule has 0 aliphatic carbocycles. The summed E-state index contributed by atoms with van der Waals surface area (Å²) in [5, 5.41) is 0. The summed E-state index contributed by atoms with van der Waals surface area (Å²) in [4.78, 5) is 10.1. The second kappa shape index (κ2) is 13.6. The second-order valence-electron chi connectivity index (χ2n) is 13.7. The maximum absolute atomic E-state index is 4.79. The molecule has 0 N–H and O–H groups in total. The van der Waals surface area contributed by atoms with Gasteiger partial charge in [0.15, 0.2) is 0 Å². The second-order valence-corrected chi connectivity index (χ2v) is 13.7. The quantitative estimate of drug-likeness (QED) is 0.175. The zero-order valence-electron chi connectivity index (χ0n) is 28.8. The third-order valence-corrected chi connectivity index (χ3v) is 10.3. The van der Waals surface area contributed by atoms with E-state index in [0.717, 1.165) is 44.7 Å². The predicted molar refractivity (Wildman–Crippen MR) is 196 cm³/mol. The van der Waals surface area contributed by atoms with Crippen LogP contribution in [0.5, 0.6) is 0 Å². The monoisotopic (exact) mass is 607 g/mol. The van der Waals surface area contributed by atoms with Crippen LogP contribution in [-0.4, -0.2) is 29.0 Å². The van der Waals surface area contributed by atoms with Crippen LogP contribution in [0.2, 0.25) is 0 Å². The number of piperidine rings is 1. The van der Waals surface area contributed by atoms with Crippen molar-refractivity contribution in [1.82, 2.24) is 9.88 Å². The van der Waals surface area contributed by atoms with E-state index < -0.39 is 0 Å². The van der Waals surface area contributed by atoms with Gasteiger partial charge >= 0.3 is 0 Å². The normalized spacial score (nSPS) is 14.1. The van der Waals surface area contributed by atoms with Crippen LogP contribution < -0.4 is 4.90 Å². The fraction of sp³-hybridized carbons (Fsp3) is 0.326. The fourth-order valence-electron chi connectivity index (χ4n) is 7.05. The van der Waals surface area contributed by atoms with Crippen LogP contribution in [0.1, 0.15) is 62.9 Å². The Hall–Kier alpha value is -4.21. The minimum absolute atomic E-state index is 0.489. The minimum atomic E-state index is 0.489. The van der Waals surface area contributed by atoms with Crippen molar-refractivity contribution in [3.05, 3.63) is 141 Å². The molecule has 0 saturated carbocycles. The van der Waals surface area contributed by atoms with Gasteiger partial charge in [0.25, 0.3) is 0 Å². The van der Waals surface area contributed by atoms with Gasteiger partial charge in [0.1, 0.15) is 0 Å². The summed E-state index contributed by atoms with van der Waals surface area (Å²) >= 11 is 0. The highest BCUT2D eigenvalue weighted by atomic mass is 15.2. The van der Waals surface area contributed by atoms with E-state index in [4.69, 9.17) is 4.98 Å². The van der Waals surface area contributed by atoms with Crippen molar-refractivity contribution in [2.24, 2.45) is 0 Å². The Morgan fingerprint density at radius 2 is 1.26 bits per heavy atom. The first kappa shape index (κ1) is 31.8. The molecule has 1 aliphatic heterocycles. The van der Waals surface area contributed by atoms with Crippen LogP contribution in [0.3, 0.4) is 0 Å². The van der Waals surface area contributed by atoms with Crippen molar-refractivity contribution >= 4 is 5.69 Å².